The molecule has 0 fully saturated rings. The van der Waals surface area contributed by atoms with Crippen molar-refractivity contribution in [2.45, 2.75) is 59.0 Å². The van der Waals surface area contributed by atoms with Crippen LogP contribution in [-0.2, 0) is 9.53 Å². The van der Waals surface area contributed by atoms with E-state index in [1.165, 1.54) is 19.3 Å². The minimum Gasteiger partial charge on any atom is -0.459 e. The van der Waals surface area contributed by atoms with Crippen molar-refractivity contribution in [1.29, 1.82) is 0 Å². The van der Waals surface area contributed by atoms with Gasteiger partial charge in [-0.25, -0.2) is 0 Å². The average molecular weight is 215 g/mol. The zero-order chi connectivity index (χ0) is 11.7. The Morgan fingerprint density at radius 2 is 1.87 bits per heavy atom. The zero-order valence-corrected chi connectivity index (χ0v) is 10.6. The van der Waals surface area contributed by atoms with Crippen LogP contribution in [0.15, 0.2) is 0 Å². The van der Waals surface area contributed by atoms with Crippen LogP contribution in [-0.4, -0.2) is 24.7 Å². The van der Waals surface area contributed by atoms with Crippen LogP contribution < -0.4 is 5.32 Å². The van der Waals surface area contributed by atoms with E-state index in [2.05, 4.69) is 12.2 Å². The SMILES string of the molecule is CCCCCCNCC(=O)OC(C)(C)C. The molecule has 0 aliphatic carbocycles. The Hall–Kier alpha value is -0.570. The van der Waals surface area contributed by atoms with E-state index in [0.717, 1.165) is 13.0 Å². The molecular weight excluding hydrogens is 190 g/mol. The van der Waals surface area contributed by atoms with Crippen LogP contribution in [0.2, 0.25) is 0 Å². The average Bonchev–Trinajstić information content (AvgIpc) is 2.08. The first-order valence-electron chi connectivity index (χ1n) is 5.88. The first-order chi connectivity index (χ1) is 6.95. The van der Waals surface area contributed by atoms with Gasteiger partial charge in [-0.15, -0.1) is 0 Å². The number of carbonyl (C=O) groups is 1. The van der Waals surface area contributed by atoms with Gasteiger partial charge in [0.1, 0.15) is 5.60 Å². The van der Waals surface area contributed by atoms with Crippen LogP contribution in [0.1, 0.15) is 53.4 Å². The van der Waals surface area contributed by atoms with Crippen molar-refractivity contribution in [3.8, 4) is 0 Å². The van der Waals surface area contributed by atoms with Gasteiger partial charge in [-0.2, -0.15) is 0 Å². The second kappa shape index (κ2) is 7.69. The summed E-state index contributed by atoms with van der Waals surface area (Å²) >= 11 is 0. The summed E-state index contributed by atoms with van der Waals surface area (Å²) in [4.78, 5) is 11.3. The molecule has 0 spiro atoms. The van der Waals surface area contributed by atoms with Gasteiger partial charge in [-0.05, 0) is 33.7 Å². The molecule has 0 radical (unpaired) electrons. The van der Waals surface area contributed by atoms with Crippen LogP contribution in [0.3, 0.4) is 0 Å². The summed E-state index contributed by atoms with van der Waals surface area (Å²) in [6.07, 6.45) is 4.88. The van der Waals surface area contributed by atoms with Crippen LogP contribution in [0.5, 0.6) is 0 Å². The standard InChI is InChI=1S/C12H25NO2/c1-5-6-7-8-9-13-10-11(14)15-12(2,3)4/h13H,5-10H2,1-4H3. The lowest BCUT2D eigenvalue weighted by molar-refractivity contribution is -0.153. The highest BCUT2D eigenvalue weighted by Crippen LogP contribution is 2.06. The number of esters is 1. The molecule has 0 aromatic carbocycles. The number of unbranched alkanes of at least 4 members (excludes halogenated alkanes) is 3. The molecule has 0 aliphatic heterocycles. The molecule has 0 aliphatic rings. The Morgan fingerprint density at radius 1 is 1.20 bits per heavy atom. The highest BCUT2D eigenvalue weighted by molar-refractivity contribution is 5.72. The topological polar surface area (TPSA) is 38.3 Å². The third-order valence-corrected chi connectivity index (χ3v) is 1.90. The number of carbonyl (C=O) groups excluding carboxylic acids is 1. The Balaban J connectivity index is 3.32. The summed E-state index contributed by atoms with van der Waals surface area (Å²) in [6.45, 7) is 9.06. The Labute approximate surface area is 93.6 Å². The minimum atomic E-state index is -0.374. The van der Waals surface area contributed by atoms with Gasteiger partial charge in [0, 0.05) is 0 Å². The van der Waals surface area contributed by atoms with E-state index < -0.39 is 0 Å². The van der Waals surface area contributed by atoms with Gasteiger partial charge in [0.05, 0.1) is 6.54 Å². The van der Waals surface area contributed by atoms with E-state index in [9.17, 15) is 4.79 Å². The van der Waals surface area contributed by atoms with Crippen LogP contribution in [0, 0.1) is 0 Å². The summed E-state index contributed by atoms with van der Waals surface area (Å²) in [7, 11) is 0. The predicted octanol–water partition coefficient (Wildman–Crippen LogP) is 2.50. The minimum absolute atomic E-state index is 0.169. The maximum absolute atomic E-state index is 11.3. The van der Waals surface area contributed by atoms with Gasteiger partial charge in [0.2, 0.25) is 0 Å². The fourth-order valence-electron chi connectivity index (χ4n) is 1.24. The largest absolute Gasteiger partial charge is 0.459 e. The monoisotopic (exact) mass is 215 g/mol. The molecule has 90 valence electrons. The third kappa shape index (κ3) is 11.4. The van der Waals surface area contributed by atoms with Crippen LogP contribution in [0.4, 0.5) is 0 Å². The first kappa shape index (κ1) is 14.4. The maximum atomic E-state index is 11.3. The first-order valence-corrected chi connectivity index (χ1v) is 5.88. The fraction of sp³-hybridized carbons (Fsp3) is 0.917. The van der Waals surface area contributed by atoms with Crippen molar-refractivity contribution in [1.82, 2.24) is 5.32 Å². The summed E-state index contributed by atoms with van der Waals surface area (Å²) in [5, 5.41) is 3.09. The van der Waals surface area contributed by atoms with Crippen molar-refractivity contribution in [3.63, 3.8) is 0 Å². The van der Waals surface area contributed by atoms with Crippen molar-refractivity contribution >= 4 is 5.97 Å². The van der Waals surface area contributed by atoms with E-state index in [1.54, 1.807) is 0 Å². The second-order valence-corrected chi connectivity index (χ2v) is 4.82. The molecule has 0 saturated heterocycles. The van der Waals surface area contributed by atoms with Crippen LogP contribution in [0.25, 0.3) is 0 Å². The number of hydrogen-bond acceptors (Lipinski definition) is 3. The molecule has 0 amide bonds. The van der Waals surface area contributed by atoms with Crippen molar-refractivity contribution in [2.75, 3.05) is 13.1 Å². The second-order valence-electron chi connectivity index (χ2n) is 4.82. The molecule has 0 aromatic rings. The maximum Gasteiger partial charge on any atom is 0.320 e. The fourth-order valence-corrected chi connectivity index (χ4v) is 1.24. The molecular formula is C12H25NO2. The van der Waals surface area contributed by atoms with Gasteiger partial charge in [0.15, 0.2) is 0 Å². The number of hydrogen-bond donors (Lipinski definition) is 1. The Bertz CT molecular complexity index is 173. The van der Waals surface area contributed by atoms with E-state index in [1.807, 2.05) is 20.8 Å². The highest BCUT2D eigenvalue weighted by atomic mass is 16.6. The van der Waals surface area contributed by atoms with Gasteiger partial charge in [-0.3, -0.25) is 4.79 Å². The summed E-state index contributed by atoms with van der Waals surface area (Å²) in [5.74, 6) is -0.169. The molecule has 0 aromatic heterocycles. The number of rotatable bonds is 7. The van der Waals surface area contributed by atoms with E-state index in [0.29, 0.717) is 6.54 Å². The van der Waals surface area contributed by atoms with Gasteiger partial charge in [0.25, 0.3) is 0 Å². The van der Waals surface area contributed by atoms with Crippen molar-refractivity contribution in [2.24, 2.45) is 0 Å². The Kier molecular flexibility index (Phi) is 7.39. The molecule has 3 heteroatoms. The third-order valence-electron chi connectivity index (χ3n) is 1.90. The number of ether oxygens (including phenoxy) is 1. The quantitative estimate of drug-likeness (QED) is 0.524. The Morgan fingerprint density at radius 3 is 2.40 bits per heavy atom. The highest BCUT2D eigenvalue weighted by Gasteiger charge is 2.15. The van der Waals surface area contributed by atoms with Crippen molar-refractivity contribution in [3.05, 3.63) is 0 Å². The summed E-state index contributed by atoms with van der Waals surface area (Å²) < 4.78 is 5.16. The van der Waals surface area contributed by atoms with E-state index in [4.69, 9.17) is 4.74 Å². The summed E-state index contributed by atoms with van der Waals surface area (Å²) in [5.41, 5.74) is -0.374. The lowest BCUT2D eigenvalue weighted by atomic mass is 10.2. The van der Waals surface area contributed by atoms with Crippen molar-refractivity contribution < 1.29 is 9.53 Å². The van der Waals surface area contributed by atoms with Gasteiger partial charge in [-0.1, -0.05) is 26.2 Å². The van der Waals surface area contributed by atoms with Gasteiger partial charge >= 0.3 is 5.97 Å². The molecule has 0 rings (SSSR count). The van der Waals surface area contributed by atoms with E-state index >= 15 is 0 Å². The lowest BCUT2D eigenvalue weighted by Gasteiger charge is -2.19. The summed E-state index contributed by atoms with van der Waals surface area (Å²) in [6, 6.07) is 0. The lowest BCUT2D eigenvalue weighted by Crippen LogP contribution is -2.31. The van der Waals surface area contributed by atoms with Crippen LogP contribution >= 0.6 is 0 Å². The zero-order valence-electron chi connectivity index (χ0n) is 10.6. The molecule has 15 heavy (non-hydrogen) atoms. The number of nitrogens with one attached hydrogen (secondary N) is 1. The molecule has 0 heterocycles. The van der Waals surface area contributed by atoms with E-state index in [-0.39, 0.29) is 11.6 Å². The molecule has 1 N–H and O–H groups in total. The smallest absolute Gasteiger partial charge is 0.320 e. The normalized spacial score (nSPS) is 11.5. The predicted molar refractivity (Wildman–Crippen MR) is 62.9 cm³/mol. The van der Waals surface area contributed by atoms with Gasteiger partial charge < -0.3 is 10.1 Å². The molecule has 0 unspecified atom stereocenters. The molecule has 0 atom stereocenters. The molecule has 0 saturated carbocycles. The molecule has 3 nitrogen and oxygen atoms in total. The molecule has 0 bridgehead atoms.